The van der Waals surface area contributed by atoms with E-state index in [1.54, 1.807) is 80.7 Å². The van der Waals surface area contributed by atoms with Crippen molar-refractivity contribution in [1.29, 1.82) is 0 Å². The molecule has 5 aromatic rings. The van der Waals surface area contributed by atoms with Gasteiger partial charge in [-0.3, -0.25) is 53.3 Å². The summed E-state index contributed by atoms with van der Waals surface area (Å²) in [6, 6.07) is 14.9. The SMILES string of the molecule is COc1cc2cc(c1Cl)N(C)C(=O)C[C@H](OC(=O)C(C)N(C)C(=O)CCSSCC(=O)NCCNC(=O)CC[C@H]1C(=O)N[C@@H](Cc3ccc(O)cc3)C(=O)N[C@H](Cc3c[nH]c4ccccc34)C(=O)N[C@@H](CCCCN)C(=O)N[C@@H]([C@@H](C)O)C(=O)N[C@@H](Cc3ccccc3)C(=O)N1C)[C@]1(C)O[C@H]1[C@H](C)[C@@H]1C[C@@](O)(NC(=O)O1)[C@H](OC)/C=C/C=C(\C)C2. The van der Waals surface area contributed by atoms with Gasteiger partial charge in [-0.2, -0.15) is 0 Å². The second-order valence-electron chi connectivity index (χ2n) is 30.8. The predicted molar refractivity (Wildman–Crippen MR) is 450 cm³/mol. The van der Waals surface area contributed by atoms with Crippen molar-refractivity contribution in [3.63, 3.8) is 0 Å². The molecule has 4 aromatic carbocycles. The number of aromatic hydroxyl groups is 1. The van der Waals surface area contributed by atoms with Crippen molar-refractivity contribution in [3.8, 4) is 11.5 Å². The van der Waals surface area contributed by atoms with Gasteiger partial charge in [0.15, 0.2) is 5.72 Å². The third-order valence-electron chi connectivity index (χ3n) is 22.0. The highest BCUT2D eigenvalue weighted by Crippen LogP contribution is 2.49. The van der Waals surface area contributed by atoms with Gasteiger partial charge < -0.3 is 102 Å². The number of rotatable bonds is 28. The molecule has 14 N–H and O–H groups in total. The van der Waals surface area contributed by atoms with Gasteiger partial charge in [0, 0.05) is 109 Å². The Morgan fingerprint density at radius 3 is 2.12 bits per heavy atom. The molecule has 4 bridgehead atoms. The average molecular weight is 1720 g/mol. The lowest BCUT2D eigenvalue weighted by Crippen LogP contribution is -2.63. The number of hydrogen-bond acceptors (Lipinski definition) is 23. The number of anilines is 1. The van der Waals surface area contributed by atoms with Crippen LogP contribution in [0.5, 0.6) is 11.5 Å². The number of nitrogens with zero attached hydrogens (tertiary/aromatic N) is 3. The smallest absolute Gasteiger partial charge is 0.409 e. The summed E-state index contributed by atoms with van der Waals surface area (Å²) in [5, 5.41) is 55.9. The Kier molecular flexibility index (Phi) is 33.8. The summed E-state index contributed by atoms with van der Waals surface area (Å²) >= 11 is 6.87. The zero-order valence-corrected chi connectivity index (χ0v) is 71.3. The van der Waals surface area contributed by atoms with E-state index in [4.69, 9.17) is 41.0 Å². The number of aromatic amines is 1. The number of fused-ring (bicyclic) bond motifs is 6. The van der Waals surface area contributed by atoms with Crippen molar-refractivity contribution in [2.75, 3.05) is 71.4 Å². The molecule has 36 heteroatoms. The number of aliphatic hydroxyl groups is 2. The molecular weight excluding hydrogens is 1610 g/mol. The predicted octanol–water partition coefficient (Wildman–Crippen LogP) is 3.99. The van der Waals surface area contributed by atoms with Gasteiger partial charge in [-0.15, -0.1) is 0 Å². The lowest BCUT2D eigenvalue weighted by atomic mass is 9.83. The molecule has 0 spiro atoms. The number of methoxy groups -OCH3 is 2. The quantitative estimate of drug-likeness (QED) is 0.0146. The van der Waals surface area contributed by atoms with Gasteiger partial charge in [0.2, 0.25) is 59.1 Å². The van der Waals surface area contributed by atoms with E-state index in [9.17, 15) is 58.5 Å². The molecule has 9 rings (SSSR count). The highest BCUT2D eigenvalue weighted by Gasteiger charge is 2.65. The second kappa shape index (κ2) is 43.3. The molecule has 33 nitrogen and oxygen atoms in total. The Hall–Kier alpha value is -10.3. The van der Waals surface area contributed by atoms with Crippen molar-refractivity contribution in [2.45, 2.75) is 196 Å². The Morgan fingerprint density at radius 2 is 1.43 bits per heavy atom. The zero-order valence-electron chi connectivity index (χ0n) is 68.9. The number of halogens is 1. The molecule has 1 aromatic heterocycles. The van der Waals surface area contributed by atoms with Crippen LogP contribution in [-0.4, -0.2) is 252 Å². The number of ether oxygens (including phenoxy) is 5. The molecule has 3 saturated heterocycles. The third kappa shape index (κ3) is 25.0. The van der Waals surface area contributed by atoms with Crippen molar-refractivity contribution in [1.82, 2.24) is 57.3 Å². The van der Waals surface area contributed by atoms with Gasteiger partial charge in [-0.05, 0) is 119 Å². The number of amides is 11. The molecule has 5 heterocycles. The maximum atomic E-state index is 15.2. The fourth-order valence-corrected chi connectivity index (χ4v) is 16.9. The van der Waals surface area contributed by atoms with Crippen LogP contribution in [0.25, 0.3) is 10.9 Å². The first-order valence-electron chi connectivity index (χ1n) is 39.8. The molecule has 0 saturated carbocycles. The van der Waals surface area contributed by atoms with E-state index in [0.717, 1.165) is 37.7 Å². The summed E-state index contributed by atoms with van der Waals surface area (Å²) in [6.45, 7) is 8.12. The summed E-state index contributed by atoms with van der Waals surface area (Å²) < 4.78 is 29.6. The van der Waals surface area contributed by atoms with Gasteiger partial charge in [-0.25, -0.2) is 9.59 Å². The molecule has 650 valence electrons. The van der Waals surface area contributed by atoms with E-state index in [-0.39, 0.29) is 86.9 Å². The largest absolute Gasteiger partial charge is 0.508 e. The van der Waals surface area contributed by atoms with E-state index < -0.39 is 174 Å². The van der Waals surface area contributed by atoms with Crippen LogP contribution in [0.2, 0.25) is 5.02 Å². The molecule has 120 heavy (non-hydrogen) atoms. The normalized spacial score (nSPS) is 26.1. The number of hydrogen-bond donors (Lipinski definition) is 13. The third-order valence-corrected chi connectivity index (χ3v) is 24.7. The number of epoxide rings is 1. The van der Waals surface area contributed by atoms with E-state index in [0.29, 0.717) is 47.4 Å². The molecule has 15 atom stereocenters. The van der Waals surface area contributed by atoms with Crippen LogP contribution in [0, 0.1) is 5.92 Å². The number of allylic oxidation sites excluding steroid dienone is 3. The lowest BCUT2D eigenvalue weighted by Gasteiger charge is -2.42. The summed E-state index contributed by atoms with van der Waals surface area (Å²) in [5.41, 5.74) is 6.81. The number of benzene rings is 4. The average Bonchev–Trinajstić information content (AvgIpc) is 1.57. The van der Waals surface area contributed by atoms with Crippen LogP contribution in [0.3, 0.4) is 0 Å². The standard InChI is InChI=1S/C84H110ClN13O20S2/c1-47-19-18-25-66(115-10)84(113)44-65(116-82(112)95-84)48(2)74-83(5,118-74)67(43-71(104)97(7)63-40-53(37-47)41-64(114-9)72(63)85)117-81(111)49(3)96(6)70(103)32-36-119-120-46-69(102)88-35-34-87-68(101)31-30-62-78(108)92-59(38-52-26-28-55(100)29-27-52)76(106)91-60(42-54-45-89-57-23-15-14-22-56(54)57)77(107)90-58(24-16-17-33-86)75(105)94-73(50(4)99)79(109)93-61(80(110)98(62)8)39-51-20-12-11-13-21-51/h11-15,18-23,25-29,40-41,45,48-50,58-62,65-67,73-74,89,99-100,113H,16-17,24,30-39,42-44,46,86H2,1-10H3,(H,87,101)(H,88,102)(H,90,107)(H,91,106)(H,92,108)(H,93,109)(H,94,105)(H,95,112)/b25-18+,47-19+/t48-,49?,50-,58+,59+,60-,61+,62+,65+,66-,67+,73+,74+,83+,84+/m1/s1. The number of aliphatic hydroxyl groups excluding tert-OH is 1. The second-order valence-corrected chi connectivity index (χ2v) is 33.8. The molecule has 0 aliphatic carbocycles. The first-order valence-corrected chi connectivity index (χ1v) is 42.7. The summed E-state index contributed by atoms with van der Waals surface area (Å²) in [4.78, 5) is 179. The number of likely N-dealkylation sites (N-methyl/N-ethyl adjacent to an activating group) is 2. The summed E-state index contributed by atoms with van der Waals surface area (Å²) in [7, 11) is 9.44. The van der Waals surface area contributed by atoms with E-state index in [1.165, 1.54) is 94.1 Å². The fourth-order valence-electron chi connectivity index (χ4n) is 14.7. The number of unbranched alkanes of at least 4 members (excludes halogenated alkanes) is 1. The van der Waals surface area contributed by atoms with Crippen LogP contribution in [0.15, 0.2) is 121 Å². The van der Waals surface area contributed by atoms with Gasteiger partial charge in [0.05, 0.1) is 37.2 Å². The molecule has 11 amide bonds. The van der Waals surface area contributed by atoms with E-state index in [2.05, 4.69) is 47.5 Å². The molecule has 0 radical (unpaired) electrons. The van der Waals surface area contributed by atoms with E-state index in [1.807, 2.05) is 31.2 Å². The minimum absolute atomic E-state index is 0.0149. The Labute approximate surface area is 709 Å². The maximum absolute atomic E-state index is 15.2. The van der Waals surface area contributed by atoms with Gasteiger partial charge in [0.25, 0.3) is 0 Å². The number of nitrogens with two attached hydrogens (primary N) is 1. The number of alkyl carbamates (subject to hydrolysis) is 1. The highest BCUT2D eigenvalue weighted by atomic mass is 35.5. The zero-order chi connectivity index (χ0) is 87.3. The van der Waals surface area contributed by atoms with Crippen LogP contribution >= 0.6 is 33.2 Å². The number of phenols is 1. The first kappa shape index (κ1) is 93.6. The Bertz CT molecular complexity index is 4560. The van der Waals surface area contributed by atoms with Crippen molar-refractivity contribution < 1.29 is 96.5 Å². The van der Waals surface area contributed by atoms with Gasteiger partial charge in [0.1, 0.15) is 82.7 Å². The molecular formula is C84H110ClN13O20S2. The Morgan fingerprint density at radius 1 is 0.783 bits per heavy atom. The molecule has 4 aliphatic heterocycles. The monoisotopic (exact) mass is 1720 g/mol. The Balaban J connectivity index is 0.831. The van der Waals surface area contributed by atoms with Crippen molar-refractivity contribution in [3.05, 3.63) is 148 Å². The van der Waals surface area contributed by atoms with Crippen LogP contribution in [0.1, 0.15) is 108 Å². The first-order chi connectivity index (χ1) is 57.1. The van der Waals surface area contributed by atoms with E-state index >= 15 is 14.4 Å². The van der Waals surface area contributed by atoms with Gasteiger partial charge in [-0.1, -0.05) is 125 Å². The maximum Gasteiger partial charge on any atom is 0.409 e. The molecule has 3 fully saturated rings. The number of esters is 1. The number of aromatic nitrogens is 1. The van der Waals surface area contributed by atoms with Crippen LogP contribution in [-0.2, 0) is 97.4 Å². The minimum atomic E-state index is -1.93. The van der Waals surface area contributed by atoms with Gasteiger partial charge >= 0.3 is 12.1 Å². The number of H-pyrrole nitrogens is 1. The fraction of sp³-hybridized carbons (Fsp3) is 0.500. The van der Waals surface area contributed by atoms with Crippen molar-refractivity contribution in [2.24, 2.45) is 11.7 Å². The summed E-state index contributed by atoms with van der Waals surface area (Å²) in [5.74, 6) is -8.50. The minimum Gasteiger partial charge on any atom is -0.508 e. The topological polar surface area (TPSA) is 463 Å². The van der Waals surface area contributed by atoms with Crippen LogP contribution < -0.4 is 57.9 Å². The van der Waals surface area contributed by atoms with Crippen molar-refractivity contribution >= 4 is 121 Å². The summed E-state index contributed by atoms with van der Waals surface area (Å²) in [6.07, 6.45) is -0.532. The number of phenolic OH excluding ortho intramolecular Hbond substituents is 1. The number of para-hydroxylation sites is 1. The lowest BCUT2D eigenvalue weighted by molar-refractivity contribution is -0.162. The van der Waals surface area contributed by atoms with Crippen LogP contribution in [0.4, 0.5) is 10.5 Å². The molecule has 1 unspecified atom stereocenters. The number of carbonyl (C=O) groups is 12. The number of carbonyl (C=O) groups excluding carboxylic acids is 12. The molecule has 4 aliphatic rings. The highest BCUT2D eigenvalue weighted by molar-refractivity contribution is 8.76. The number of nitrogens with one attached hydrogen (secondary N) is 9.